The predicted octanol–water partition coefficient (Wildman–Crippen LogP) is 5.44. The van der Waals surface area contributed by atoms with Gasteiger partial charge in [0.05, 0.1) is 11.9 Å². The molecule has 3 aromatic carbocycles. The number of hydrogen-bond donors (Lipinski definition) is 1. The Morgan fingerprint density at radius 1 is 0.878 bits per heavy atom. The molecule has 3 aromatic rings. The van der Waals surface area contributed by atoms with Crippen molar-refractivity contribution in [2.45, 2.75) is 72.0 Å². The van der Waals surface area contributed by atoms with Crippen molar-refractivity contribution < 1.29 is 18.0 Å². The van der Waals surface area contributed by atoms with Gasteiger partial charge in [0.2, 0.25) is 21.8 Å². The van der Waals surface area contributed by atoms with Gasteiger partial charge in [-0.3, -0.25) is 13.9 Å². The lowest BCUT2D eigenvalue weighted by Gasteiger charge is -2.35. The van der Waals surface area contributed by atoms with Crippen LogP contribution in [-0.4, -0.2) is 49.5 Å². The highest BCUT2D eigenvalue weighted by molar-refractivity contribution is 7.92. The largest absolute Gasteiger partial charge is 0.350 e. The molecule has 8 heteroatoms. The maximum Gasteiger partial charge on any atom is 0.244 e. The Morgan fingerprint density at radius 3 is 2.07 bits per heavy atom. The molecule has 41 heavy (non-hydrogen) atoms. The van der Waals surface area contributed by atoms with Crippen LogP contribution in [0.2, 0.25) is 0 Å². The molecule has 0 bridgehead atoms. The SMILES string of the molecule is Cc1cccc(CN(C(=O)CN(c2ccccc2C(C)C)S(C)(=O)=O)[C@@H](Cc2ccccc2)C(=O)NC(C)(C)C)c1. The maximum absolute atomic E-state index is 14.3. The van der Waals surface area contributed by atoms with Crippen LogP contribution in [0, 0.1) is 6.92 Å². The third kappa shape index (κ3) is 9.18. The van der Waals surface area contributed by atoms with Gasteiger partial charge in [-0.1, -0.05) is 92.2 Å². The summed E-state index contributed by atoms with van der Waals surface area (Å²) in [7, 11) is -3.83. The van der Waals surface area contributed by atoms with Crippen LogP contribution in [0.3, 0.4) is 0 Å². The molecule has 0 saturated carbocycles. The standard InChI is InChI=1S/C33H43N3O4S/c1-24(2)28-18-11-12-19-29(28)36(41(7,39)40)23-31(37)35(22-27-17-13-14-25(3)20-27)30(32(38)34-33(4,5)6)21-26-15-9-8-10-16-26/h8-20,24,30H,21-23H2,1-7H3,(H,34,38)/t30-/m0/s1. The molecule has 2 amide bonds. The summed E-state index contributed by atoms with van der Waals surface area (Å²) in [6.07, 6.45) is 1.39. The molecule has 0 aromatic heterocycles. The Labute approximate surface area is 245 Å². The summed E-state index contributed by atoms with van der Waals surface area (Å²) in [5, 5.41) is 3.05. The van der Waals surface area contributed by atoms with E-state index in [1.54, 1.807) is 12.1 Å². The first-order valence-electron chi connectivity index (χ1n) is 13.9. The zero-order valence-corrected chi connectivity index (χ0v) is 26.0. The molecule has 0 spiro atoms. The lowest BCUT2D eigenvalue weighted by atomic mass is 10.00. The van der Waals surface area contributed by atoms with E-state index in [0.29, 0.717) is 5.69 Å². The maximum atomic E-state index is 14.3. The molecular formula is C33H43N3O4S. The molecule has 0 aliphatic rings. The molecule has 3 rings (SSSR count). The summed E-state index contributed by atoms with van der Waals surface area (Å²) in [5.41, 5.74) is 3.54. The van der Waals surface area contributed by atoms with Crippen LogP contribution in [0.25, 0.3) is 0 Å². The van der Waals surface area contributed by atoms with E-state index >= 15 is 0 Å². The van der Waals surface area contributed by atoms with Crippen molar-refractivity contribution in [1.82, 2.24) is 10.2 Å². The van der Waals surface area contributed by atoms with E-state index in [1.807, 2.05) is 108 Å². The Kier molecular flexibility index (Phi) is 10.4. The van der Waals surface area contributed by atoms with Crippen molar-refractivity contribution in [3.63, 3.8) is 0 Å². The highest BCUT2D eigenvalue weighted by atomic mass is 32.2. The number of benzene rings is 3. The fraction of sp³-hybridized carbons (Fsp3) is 0.394. The number of sulfonamides is 1. The van der Waals surface area contributed by atoms with Gasteiger partial charge < -0.3 is 10.2 Å². The van der Waals surface area contributed by atoms with E-state index in [4.69, 9.17) is 0 Å². The number of rotatable bonds is 11. The van der Waals surface area contributed by atoms with Crippen molar-refractivity contribution in [3.05, 3.63) is 101 Å². The van der Waals surface area contributed by atoms with Crippen LogP contribution in [0.15, 0.2) is 78.9 Å². The number of hydrogen-bond acceptors (Lipinski definition) is 4. The minimum atomic E-state index is -3.83. The number of carbonyl (C=O) groups is 2. The fourth-order valence-electron chi connectivity index (χ4n) is 4.81. The van der Waals surface area contributed by atoms with Crippen molar-refractivity contribution in [2.24, 2.45) is 0 Å². The van der Waals surface area contributed by atoms with Gasteiger partial charge in [0.15, 0.2) is 0 Å². The number of nitrogens with zero attached hydrogens (tertiary/aromatic N) is 2. The van der Waals surface area contributed by atoms with Crippen LogP contribution in [0.1, 0.15) is 62.8 Å². The molecule has 0 unspecified atom stereocenters. The minimum absolute atomic E-state index is 0.0392. The molecular weight excluding hydrogens is 534 g/mol. The number of para-hydroxylation sites is 1. The first-order valence-corrected chi connectivity index (χ1v) is 15.8. The Balaban J connectivity index is 2.11. The first-order chi connectivity index (χ1) is 19.2. The second kappa shape index (κ2) is 13.3. The summed E-state index contributed by atoms with van der Waals surface area (Å²) < 4.78 is 27.4. The summed E-state index contributed by atoms with van der Waals surface area (Å²) >= 11 is 0. The third-order valence-electron chi connectivity index (χ3n) is 6.71. The van der Waals surface area contributed by atoms with Gasteiger partial charge >= 0.3 is 0 Å². The van der Waals surface area contributed by atoms with Crippen LogP contribution < -0.4 is 9.62 Å². The van der Waals surface area contributed by atoms with Gasteiger partial charge in [-0.05, 0) is 56.4 Å². The Morgan fingerprint density at radius 2 is 1.49 bits per heavy atom. The Hall–Kier alpha value is -3.65. The molecule has 0 saturated heterocycles. The van der Waals surface area contributed by atoms with Crippen molar-refractivity contribution in [2.75, 3.05) is 17.1 Å². The van der Waals surface area contributed by atoms with E-state index in [-0.39, 0.29) is 24.8 Å². The number of carbonyl (C=O) groups excluding carboxylic acids is 2. The molecule has 0 heterocycles. The number of nitrogens with one attached hydrogen (secondary N) is 1. The monoisotopic (exact) mass is 577 g/mol. The minimum Gasteiger partial charge on any atom is -0.350 e. The van der Waals surface area contributed by atoms with E-state index in [0.717, 1.165) is 32.8 Å². The summed E-state index contributed by atoms with van der Waals surface area (Å²) in [6.45, 7) is 11.3. The topological polar surface area (TPSA) is 86.8 Å². The molecule has 7 nitrogen and oxygen atoms in total. The van der Waals surface area contributed by atoms with Crippen LogP contribution in [0.4, 0.5) is 5.69 Å². The molecule has 220 valence electrons. The zero-order valence-electron chi connectivity index (χ0n) is 25.2. The average Bonchev–Trinajstić information content (AvgIpc) is 2.88. The van der Waals surface area contributed by atoms with E-state index in [9.17, 15) is 18.0 Å². The highest BCUT2D eigenvalue weighted by Crippen LogP contribution is 2.29. The Bertz CT molecular complexity index is 1450. The van der Waals surface area contributed by atoms with Gasteiger partial charge in [-0.2, -0.15) is 0 Å². The lowest BCUT2D eigenvalue weighted by molar-refractivity contribution is -0.140. The summed E-state index contributed by atoms with van der Waals surface area (Å²) in [5.74, 6) is -0.714. The normalized spacial score (nSPS) is 12.6. The first kappa shape index (κ1) is 31.9. The van der Waals surface area contributed by atoms with E-state index in [2.05, 4.69) is 5.32 Å². The van der Waals surface area contributed by atoms with Crippen molar-refractivity contribution in [3.8, 4) is 0 Å². The van der Waals surface area contributed by atoms with E-state index in [1.165, 1.54) is 4.90 Å². The van der Waals surface area contributed by atoms with Crippen LogP contribution in [-0.2, 0) is 32.6 Å². The second-order valence-electron chi connectivity index (χ2n) is 11.9. The van der Waals surface area contributed by atoms with Gasteiger partial charge in [0.1, 0.15) is 12.6 Å². The quantitative estimate of drug-likeness (QED) is 0.329. The molecule has 0 aliphatic carbocycles. The van der Waals surface area contributed by atoms with Gasteiger partial charge in [0.25, 0.3) is 0 Å². The summed E-state index contributed by atoms with van der Waals surface area (Å²) in [6, 6.07) is 23.7. The van der Waals surface area contributed by atoms with Gasteiger partial charge in [0, 0.05) is 18.5 Å². The third-order valence-corrected chi connectivity index (χ3v) is 7.84. The predicted molar refractivity (Wildman–Crippen MR) is 166 cm³/mol. The molecule has 0 fully saturated rings. The average molecular weight is 578 g/mol. The zero-order chi connectivity index (χ0) is 30.4. The van der Waals surface area contributed by atoms with Gasteiger partial charge in [-0.15, -0.1) is 0 Å². The molecule has 0 aliphatic heterocycles. The summed E-state index contributed by atoms with van der Waals surface area (Å²) in [4.78, 5) is 29.6. The second-order valence-corrected chi connectivity index (χ2v) is 13.8. The molecule has 1 atom stereocenters. The van der Waals surface area contributed by atoms with E-state index < -0.39 is 34.1 Å². The van der Waals surface area contributed by atoms with Gasteiger partial charge in [-0.25, -0.2) is 8.42 Å². The van der Waals surface area contributed by atoms with Crippen LogP contribution in [0.5, 0.6) is 0 Å². The lowest BCUT2D eigenvalue weighted by Crippen LogP contribution is -2.56. The highest BCUT2D eigenvalue weighted by Gasteiger charge is 2.34. The fourth-order valence-corrected chi connectivity index (χ4v) is 5.68. The molecule has 1 N–H and O–H groups in total. The molecule has 0 radical (unpaired) electrons. The number of anilines is 1. The van der Waals surface area contributed by atoms with Crippen molar-refractivity contribution >= 4 is 27.5 Å². The number of aryl methyl sites for hydroxylation is 1. The number of amides is 2. The van der Waals surface area contributed by atoms with Crippen LogP contribution >= 0.6 is 0 Å². The van der Waals surface area contributed by atoms with Crippen molar-refractivity contribution in [1.29, 1.82) is 0 Å². The smallest absolute Gasteiger partial charge is 0.244 e.